The lowest BCUT2D eigenvalue weighted by atomic mass is 10.2. The first-order chi connectivity index (χ1) is 9.50. The van der Waals surface area contributed by atoms with Crippen molar-refractivity contribution in [3.8, 4) is 0 Å². The van der Waals surface area contributed by atoms with Gasteiger partial charge in [0.25, 0.3) is 0 Å². The average molecular weight is 296 g/mol. The molecule has 4 nitrogen and oxygen atoms in total. The summed E-state index contributed by atoms with van der Waals surface area (Å²) >= 11 is 0. The Morgan fingerprint density at radius 1 is 1.30 bits per heavy atom. The second-order valence-electron chi connectivity index (χ2n) is 5.60. The van der Waals surface area contributed by atoms with Gasteiger partial charge in [-0.3, -0.25) is 4.90 Å². The van der Waals surface area contributed by atoms with Gasteiger partial charge < -0.3 is 5.73 Å². The van der Waals surface area contributed by atoms with Gasteiger partial charge in [-0.1, -0.05) is 19.1 Å². The molecule has 0 heterocycles. The summed E-state index contributed by atoms with van der Waals surface area (Å²) in [5, 5.41) is 0. The van der Waals surface area contributed by atoms with Gasteiger partial charge in [0.15, 0.2) is 9.84 Å². The fourth-order valence-corrected chi connectivity index (χ4v) is 3.76. The van der Waals surface area contributed by atoms with Crippen molar-refractivity contribution in [3.05, 3.63) is 29.8 Å². The van der Waals surface area contributed by atoms with Crippen LogP contribution in [0.3, 0.4) is 0 Å². The highest BCUT2D eigenvalue weighted by molar-refractivity contribution is 7.91. The molecule has 1 saturated carbocycles. The van der Waals surface area contributed by atoms with Crippen molar-refractivity contribution in [1.82, 2.24) is 4.90 Å². The molecule has 1 aliphatic rings. The van der Waals surface area contributed by atoms with Gasteiger partial charge in [0, 0.05) is 30.6 Å². The van der Waals surface area contributed by atoms with Crippen LogP contribution in [-0.4, -0.2) is 37.4 Å². The van der Waals surface area contributed by atoms with Crippen molar-refractivity contribution in [3.63, 3.8) is 0 Å². The molecule has 1 aliphatic carbocycles. The van der Waals surface area contributed by atoms with E-state index in [0.29, 0.717) is 24.8 Å². The Balaban J connectivity index is 1.94. The fourth-order valence-electron chi connectivity index (χ4n) is 2.43. The Kier molecular flexibility index (Phi) is 5.05. The van der Waals surface area contributed by atoms with Gasteiger partial charge >= 0.3 is 0 Å². The van der Waals surface area contributed by atoms with E-state index in [9.17, 15) is 8.42 Å². The van der Waals surface area contributed by atoms with E-state index in [1.54, 1.807) is 0 Å². The van der Waals surface area contributed by atoms with Crippen LogP contribution in [0.15, 0.2) is 24.3 Å². The van der Waals surface area contributed by atoms with E-state index >= 15 is 0 Å². The van der Waals surface area contributed by atoms with Crippen molar-refractivity contribution >= 4 is 15.5 Å². The van der Waals surface area contributed by atoms with Crippen LogP contribution < -0.4 is 5.73 Å². The Hall–Kier alpha value is -1.07. The van der Waals surface area contributed by atoms with Crippen LogP contribution in [0.2, 0.25) is 0 Å². The van der Waals surface area contributed by atoms with Crippen LogP contribution >= 0.6 is 0 Å². The zero-order valence-corrected chi connectivity index (χ0v) is 12.9. The first-order valence-electron chi connectivity index (χ1n) is 7.29. The largest absolute Gasteiger partial charge is 0.399 e. The Morgan fingerprint density at radius 3 is 2.65 bits per heavy atom. The molecule has 0 atom stereocenters. The van der Waals surface area contributed by atoms with Crippen molar-refractivity contribution in [2.24, 2.45) is 0 Å². The maximum Gasteiger partial charge on any atom is 0.151 e. The quantitative estimate of drug-likeness (QED) is 0.746. The Bertz CT molecular complexity index is 539. The molecule has 1 fully saturated rings. The lowest BCUT2D eigenvalue weighted by Crippen LogP contribution is -2.31. The topological polar surface area (TPSA) is 63.4 Å². The van der Waals surface area contributed by atoms with Crippen LogP contribution in [0.4, 0.5) is 5.69 Å². The van der Waals surface area contributed by atoms with E-state index in [0.717, 1.165) is 17.8 Å². The molecule has 2 rings (SSSR count). The summed E-state index contributed by atoms with van der Waals surface area (Å²) in [5.41, 5.74) is 7.71. The highest BCUT2D eigenvalue weighted by atomic mass is 32.2. The van der Waals surface area contributed by atoms with Crippen molar-refractivity contribution < 1.29 is 8.42 Å². The SMILES string of the molecule is CCCS(=O)(=O)CCN(Cc1cccc(N)c1)C1CC1. The van der Waals surface area contributed by atoms with Gasteiger partial charge in [0.1, 0.15) is 0 Å². The molecule has 0 spiro atoms. The predicted octanol–water partition coefficient (Wildman–Crippen LogP) is 2.06. The molecule has 1 aromatic rings. The third kappa shape index (κ3) is 4.80. The van der Waals surface area contributed by atoms with Crippen molar-refractivity contribution in [2.75, 3.05) is 23.8 Å². The lowest BCUT2D eigenvalue weighted by molar-refractivity contribution is 0.270. The maximum absolute atomic E-state index is 11.8. The number of hydrogen-bond donors (Lipinski definition) is 1. The summed E-state index contributed by atoms with van der Waals surface area (Å²) in [7, 11) is -2.90. The number of nitrogen functional groups attached to an aromatic ring is 1. The molecule has 0 radical (unpaired) electrons. The highest BCUT2D eigenvalue weighted by Gasteiger charge is 2.29. The maximum atomic E-state index is 11.8. The van der Waals surface area contributed by atoms with Gasteiger partial charge in [-0.15, -0.1) is 0 Å². The van der Waals surface area contributed by atoms with Crippen molar-refractivity contribution in [2.45, 2.75) is 38.8 Å². The van der Waals surface area contributed by atoms with E-state index in [2.05, 4.69) is 4.90 Å². The molecule has 0 amide bonds. The average Bonchev–Trinajstić information content (AvgIpc) is 3.18. The highest BCUT2D eigenvalue weighted by Crippen LogP contribution is 2.28. The van der Waals surface area contributed by atoms with Crippen molar-refractivity contribution in [1.29, 1.82) is 0 Å². The van der Waals surface area contributed by atoms with E-state index < -0.39 is 9.84 Å². The van der Waals surface area contributed by atoms with E-state index in [-0.39, 0.29) is 5.75 Å². The fraction of sp³-hybridized carbons (Fsp3) is 0.600. The summed E-state index contributed by atoms with van der Waals surface area (Å²) in [6.07, 6.45) is 3.05. The van der Waals surface area contributed by atoms with Crippen LogP contribution in [0.1, 0.15) is 31.7 Å². The number of anilines is 1. The number of rotatable bonds is 8. The third-order valence-electron chi connectivity index (χ3n) is 3.60. The number of nitrogens with zero attached hydrogens (tertiary/aromatic N) is 1. The molecule has 0 unspecified atom stereocenters. The molecule has 2 N–H and O–H groups in total. The monoisotopic (exact) mass is 296 g/mol. The third-order valence-corrected chi connectivity index (χ3v) is 5.44. The second kappa shape index (κ2) is 6.59. The zero-order valence-electron chi connectivity index (χ0n) is 12.1. The predicted molar refractivity (Wildman–Crippen MR) is 83.2 cm³/mol. The van der Waals surface area contributed by atoms with Crippen LogP contribution in [0.5, 0.6) is 0 Å². The minimum atomic E-state index is -2.90. The van der Waals surface area contributed by atoms with Gasteiger partial charge in [0.2, 0.25) is 0 Å². The van der Waals surface area contributed by atoms with Gasteiger partial charge in [-0.05, 0) is 37.0 Å². The standard InChI is InChI=1S/C15H24N2O2S/c1-2-9-20(18,19)10-8-17(15-6-7-15)12-13-4-3-5-14(16)11-13/h3-5,11,15H,2,6-10,12,16H2,1H3. The van der Waals surface area contributed by atoms with Crippen LogP contribution in [0, 0.1) is 0 Å². The number of benzene rings is 1. The van der Waals surface area contributed by atoms with E-state index in [4.69, 9.17) is 5.73 Å². The Labute approximate surface area is 121 Å². The molecule has 0 bridgehead atoms. The first kappa shape index (κ1) is 15.3. The molecule has 20 heavy (non-hydrogen) atoms. The van der Waals surface area contributed by atoms with Gasteiger partial charge in [0.05, 0.1) is 5.75 Å². The number of hydrogen-bond acceptors (Lipinski definition) is 4. The normalized spacial score (nSPS) is 15.7. The minimum Gasteiger partial charge on any atom is -0.399 e. The Morgan fingerprint density at radius 2 is 2.05 bits per heavy atom. The first-order valence-corrected chi connectivity index (χ1v) is 9.11. The molecule has 5 heteroatoms. The summed E-state index contributed by atoms with van der Waals surface area (Å²) in [6.45, 7) is 3.32. The molecule has 0 aliphatic heterocycles. The summed E-state index contributed by atoms with van der Waals surface area (Å²) in [4.78, 5) is 2.28. The van der Waals surface area contributed by atoms with E-state index in [1.807, 2.05) is 31.2 Å². The molecule has 112 valence electrons. The lowest BCUT2D eigenvalue weighted by Gasteiger charge is -2.22. The molecule has 0 aromatic heterocycles. The number of sulfone groups is 1. The summed E-state index contributed by atoms with van der Waals surface area (Å²) in [6, 6.07) is 8.39. The molecule has 1 aromatic carbocycles. The number of nitrogens with two attached hydrogens (primary N) is 1. The minimum absolute atomic E-state index is 0.264. The molecular weight excluding hydrogens is 272 g/mol. The molecular formula is C15H24N2O2S. The van der Waals surface area contributed by atoms with Gasteiger partial charge in [-0.25, -0.2) is 8.42 Å². The van der Waals surface area contributed by atoms with Gasteiger partial charge in [-0.2, -0.15) is 0 Å². The summed E-state index contributed by atoms with van der Waals surface area (Å²) < 4.78 is 23.7. The summed E-state index contributed by atoms with van der Waals surface area (Å²) in [5.74, 6) is 0.559. The van der Waals surface area contributed by atoms with Crippen LogP contribution in [0.25, 0.3) is 0 Å². The van der Waals surface area contributed by atoms with Crippen LogP contribution in [-0.2, 0) is 16.4 Å². The van der Waals surface area contributed by atoms with E-state index in [1.165, 1.54) is 12.8 Å². The zero-order chi connectivity index (χ0) is 14.6. The second-order valence-corrected chi connectivity index (χ2v) is 7.90. The molecule has 0 saturated heterocycles. The smallest absolute Gasteiger partial charge is 0.151 e.